The summed E-state index contributed by atoms with van der Waals surface area (Å²) in [6.07, 6.45) is 3.59. The fraction of sp³-hybridized carbons (Fsp3) is 0.0714. The molecule has 0 amide bonds. The number of nitrogens with two attached hydrogens (primary N) is 1. The molecular formula is C14H11BrN2S. The van der Waals surface area contributed by atoms with Gasteiger partial charge in [0.15, 0.2) is 0 Å². The molecule has 0 aliphatic heterocycles. The van der Waals surface area contributed by atoms with Gasteiger partial charge in [-0.15, -0.1) is 11.3 Å². The highest BCUT2D eigenvalue weighted by Gasteiger charge is 2.14. The fourth-order valence-electron chi connectivity index (χ4n) is 2.02. The number of hydrogen-bond acceptors (Lipinski definition) is 3. The van der Waals surface area contributed by atoms with Gasteiger partial charge in [-0.05, 0) is 50.0 Å². The second-order valence-corrected chi connectivity index (χ2v) is 5.93. The minimum absolute atomic E-state index is 0.133. The van der Waals surface area contributed by atoms with Crippen LogP contribution >= 0.6 is 27.3 Å². The van der Waals surface area contributed by atoms with Crippen LogP contribution in [0.2, 0.25) is 0 Å². The average Bonchev–Trinajstić information content (AvgIpc) is 2.82. The Bertz CT molecular complexity index is 693. The maximum absolute atomic E-state index is 6.34. The van der Waals surface area contributed by atoms with E-state index in [0.29, 0.717) is 0 Å². The van der Waals surface area contributed by atoms with Crippen LogP contribution in [0.3, 0.4) is 0 Å². The van der Waals surface area contributed by atoms with Crippen molar-refractivity contribution in [2.75, 3.05) is 0 Å². The predicted molar refractivity (Wildman–Crippen MR) is 79.8 cm³/mol. The van der Waals surface area contributed by atoms with Crippen LogP contribution in [0.25, 0.3) is 10.1 Å². The largest absolute Gasteiger partial charge is 0.320 e. The van der Waals surface area contributed by atoms with Crippen molar-refractivity contribution in [1.29, 1.82) is 0 Å². The molecule has 0 aliphatic carbocycles. The number of hydrogen-bond donors (Lipinski definition) is 1. The zero-order valence-corrected chi connectivity index (χ0v) is 11.9. The summed E-state index contributed by atoms with van der Waals surface area (Å²) in [5.74, 6) is 0. The molecule has 3 aromatic rings. The monoisotopic (exact) mass is 318 g/mol. The highest BCUT2D eigenvalue weighted by Crippen LogP contribution is 2.32. The predicted octanol–water partition coefficient (Wildman–Crippen LogP) is 4.11. The standard InChI is InChI=1S/C14H11BrN2S/c15-10-5-9(6-17-7-10)14(16)12-8-18-13-4-2-1-3-11(12)13/h1-8,14H,16H2. The van der Waals surface area contributed by atoms with E-state index >= 15 is 0 Å². The number of aromatic nitrogens is 1. The molecule has 2 aromatic heterocycles. The Labute approximate surface area is 118 Å². The normalized spacial score (nSPS) is 12.8. The molecule has 0 saturated heterocycles. The number of nitrogens with zero attached hydrogens (tertiary/aromatic N) is 1. The average molecular weight is 319 g/mol. The molecule has 0 fully saturated rings. The van der Waals surface area contributed by atoms with Crippen molar-refractivity contribution in [2.24, 2.45) is 5.73 Å². The minimum atomic E-state index is -0.133. The molecule has 1 atom stereocenters. The van der Waals surface area contributed by atoms with E-state index in [-0.39, 0.29) is 6.04 Å². The Morgan fingerprint density at radius 2 is 2.06 bits per heavy atom. The molecule has 90 valence electrons. The molecule has 18 heavy (non-hydrogen) atoms. The van der Waals surface area contributed by atoms with Crippen molar-refractivity contribution >= 4 is 37.4 Å². The number of pyridine rings is 1. The Morgan fingerprint density at radius 3 is 2.89 bits per heavy atom. The second-order valence-electron chi connectivity index (χ2n) is 4.10. The molecule has 0 saturated carbocycles. The third-order valence-corrected chi connectivity index (χ3v) is 4.35. The van der Waals surface area contributed by atoms with Crippen LogP contribution in [0, 0.1) is 0 Å². The second kappa shape index (κ2) is 4.80. The van der Waals surface area contributed by atoms with E-state index in [1.54, 1.807) is 17.5 Å². The van der Waals surface area contributed by atoms with E-state index in [1.807, 2.05) is 18.3 Å². The van der Waals surface area contributed by atoms with Crippen LogP contribution in [0.5, 0.6) is 0 Å². The Hall–Kier alpha value is -1.23. The molecule has 1 unspecified atom stereocenters. The lowest BCUT2D eigenvalue weighted by Gasteiger charge is -2.11. The van der Waals surface area contributed by atoms with E-state index < -0.39 is 0 Å². The summed E-state index contributed by atoms with van der Waals surface area (Å²) in [5, 5.41) is 3.37. The molecule has 2 nitrogen and oxygen atoms in total. The molecule has 3 rings (SSSR count). The van der Waals surface area contributed by atoms with E-state index in [9.17, 15) is 0 Å². The maximum atomic E-state index is 6.34. The Kier molecular flexibility index (Phi) is 3.16. The van der Waals surface area contributed by atoms with E-state index in [4.69, 9.17) is 5.73 Å². The summed E-state index contributed by atoms with van der Waals surface area (Å²) in [4.78, 5) is 4.17. The fourth-order valence-corrected chi connectivity index (χ4v) is 3.40. The van der Waals surface area contributed by atoms with Crippen molar-refractivity contribution in [3.05, 3.63) is 63.7 Å². The molecule has 2 heterocycles. The first-order chi connectivity index (χ1) is 8.75. The van der Waals surface area contributed by atoms with Crippen molar-refractivity contribution in [3.63, 3.8) is 0 Å². The minimum Gasteiger partial charge on any atom is -0.320 e. The molecule has 0 bridgehead atoms. The van der Waals surface area contributed by atoms with Crippen LogP contribution in [-0.4, -0.2) is 4.98 Å². The lowest BCUT2D eigenvalue weighted by atomic mass is 10.0. The van der Waals surface area contributed by atoms with Gasteiger partial charge < -0.3 is 5.73 Å². The summed E-state index contributed by atoms with van der Waals surface area (Å²) in [5.41, 5.74) is 8.53. The van der Waals surface area contributed by atoms with Gasteiger partial charge in [0.05, 0.1) is 6.04 Å². The lowest BCUT2D eigenvalue weighted by Crippen LogP contribution is -2.11. The zero-order valence-electron chi connectivity index (χ0n) is 9.51. The topological polar surface area (TPSA) is 38.9 Å². The van der Waals surface area contributed by atoms with Crippen molar-refractivity contribution in [1.82, 2.24) is 4.98 Å². The van der Waals surface area contributed by atoms with Gasteiger partial charge in [-0.25, -0.2) is 0 Å². The zero-order chi connectivity index (χ0) is 12.5. The van der Waals surface area contributed by atoms with Gasteiger partial charge in [-0.2, -0.15) is 0 Å². The molecule has 0 radical (unpaired) electrons. The summed E-state index contributed by atoms with van der Waals surface area (Å²) < 4.78 is 2.22. The number of rotatable bonds is 2. The first-order valence-electron chi connectivity index (χ1n) is 5.58. The third-order valence-electron chi connectivity index (χ3n) is 2.93. The molecule has 0 aliphatic rings. The molecular weight excluding hydrogens is 308 g/mol. The SMILES string of the molecule is NC(c1cncc(Br)c1)c1csc2ccccc12. The molecule has 1 aromatic carbocycles. The maximum Gasteiger partial charge on any atom is 0.0581 e. The number of benzene rings is 1. The lowest BCUT2D eigenvalue weighted by molar-refractivity contribution is 0.874. The number of thiophene rings is 1. The molecule has 2 N–H and O–H groups in total. The highest BCUT2D eigenvalue weighted by atomic mass is 79.9. The Morgan fingerprint density at radius 1 is 1.22 bits per heavy atom. The highest BCUT2D eigenvalue weighted by molar-refractivity contribution is 9.10. The van der Waals surface area contributed by atoms with Gasteiger partial charge in [0.25, 0.3) is 0 Å². The Balaban J connectivity index is 2.09. The molecule has 4 heteroatoms. The van der Waals surface area contributed by atoms with Gasteiger partial charge in [0, 0.05) is 21.6 Å². The van der Waals surface area contributed by atoms with E-state index in [0.717, 1.165) is 15.6 Å². The summed E-state index contributed by atoms with van der Waals surface area (Å²) in [6.45, 7) is 0. The van der Waals surface area contributed by atoms with Gasteiger partial charge >= 0.3 is 0 Å². The van der Waals surface area contributed by atoms with E-state index in [1.165, 1.54) is 10.1 Å². The van der Waals surface area contributed by atoms with Crippen molar-refractivity contribution in [3.8, 4) is 0 Å². The van der Waals surface area contributed by atoms with Crippen LogP contribution in [0.4, 0.5) is 0 Å². The van der Waals surface area contributed by atoms with Gasteiger partial charge in [0.1, 0.15) is 0 Å². The summed E-state index contributed by atoms with van der Waals surface area (Å²) in [7, 11) is 0. The van der Waals surface area contributed by atoms with Crippen LogP contribution in [-0.2, 0) is 0 Å². The molecule has 0 spiro atoms. The first-order valence-corrected chi connectivity index (χ1v) is 7.25. The van der Waals surface area contributed by atoms with Crippen LogP contribution < -0.4 is 5.73 Å². The van der Waals surface area contributed by atoms with E-state index in [2.05, 4.69) is 44.5 Å². The quantitative estimate of drug-likeness (QED) is 0.772. The van der Waals surface area contributed by atoms with Gasteiger partial charge in [-0.3, -0.25) is 4.98 Å². The summed E-state index contributed by atoms with van der Waals surface area (Å²) >= 11 is 5.16. The van der Waals surface area contributed by atoms with Gasteiger partial charge in [0.2, 0.25) is 0 Å². The van der Waals surface area contributed by atoms with Crippen molar-refractivity contribution < 1.29 is 0 Å². The first kappa shape index (κ1) is 11.8. The third kappa shape index (κ3) is 2.07. The van der Waals surface area contributed by atoms with Crippen LogP contribution in [0.15, 0.2) is 52.6 Å². The number of fused-ring (bicyclic) bond motifs is 1. The van der Waals surface area contributed by atoms with Crippen LogP contribution in [0.1, 0.15) is 17.2 Å². The van der Waals surface area contributed by atoms with Crippen molar-refractivity contribution in [2.45, 2.75) is 6.04 Å². The number of halogens is 1. The smallest absolute Gasteiger partial charge is 0.0581 e. The van der Waals surface area contributed by atoms with Gasteiger partial charge in [-0.1, -0.05) is 18.2 Å². The summed E-state index contributed by atoms with van der Waals surface area (Å²) in [6, 6.07) is 10.2.